The molecule has 1 N–H and O–H groups in total. The summed E-state index contributed by atoms with van der Waals surface area (Å²) >= 11 is 0. The van der Waals surface area contributed by atoms with Gasteiger partial charge in [-0.25, -0.2) is 0 Å². The summed E-state index contributed by atoms with van der Waals surface area (Å²) in [6, 6.07) is 9.82. The maximum Gasteiger partial charge on any atom is 0.223 e. The minimum Gasteiger partial charge on any atom is -0.503 e. The van der Waals surface area contributed by atoms with E-state index in [-0.39, 0.29) is 11.2 Å². The lowest BCUT2D eigenvalue weighted by Crippen LogP contribution is -2.13. The fourth-order valence-corrected chi connectivity index (χ4v) is 3.08. The standard InChI is InChI=1S/C21H23NO2/c1-15(2)11-19-13-20(23)21(24)14-22(19)18-10-6-9-17(12-18)16-7-4-3-5-8-16/h3-4,6-7,9-10,12-15,24H,5,8,11H2,1-2H3. The molecule has 0 atom stereocenters. The van der Waals surface area contributed by atoms with E-state index in [1.165, 1.54) is 17.3 Å². The van der Waals surface area contributed by atoms with Gasteiger partial charge in [0.15, 0.2) is 5.75 Å². The summed E-state index contributed by atoms with van der Waals surface area (Å²) in [4.78, 5) is 11.8. The summed E-state index contributed by atoms with van der Waals surface area (Å²) < 4.78 is 1.93. The molecule has 1 aromatic carbocycles. The van der Waals surface area contributed by atoms with Crippen LogP contribution in [0.3, 0.4) is 0 Å². The average Bonchev–Trinajstić information content (AvgIpc) is 2.58. The van der Waals surface area contributed by atoms with Crippen LogP contribution in [0.4, 0.5) is 0 Å². The van der Waals surface area contributed by atoms with Crippen molar-refractivity contribution in [2.45, 2.75) is 33.1 Å². The fraction of sp³-hybridized carbons (Fsp3) is 0.286. The zero-order valence-corrected chi connectivity index (χ0v) is 14.2. The second-order valence-electron chi connectivity index (χ2n) is 6.69. The van der Waals surface area contributed by atoms with Crippen LogP contribution in [0.15, 0.2) is 59.6 Å². The summed E-state index contributed by atoms with van der Waals surface area (Å²) in [5.41, 5.74) is 4.06. The van der Waals surface area contributed by atoms with Gasteiger partial charge in [-0.2, -0.15) is 0 Å². The van der Waals surface area contributed by atoms with Crippen molar-refractivity contribution in [3.05, 3.63) is 76.2 Å². The highest BCUT2D eigenvalue weighted by atomic mass is 16.3. The first-order valence-corrected chi connectivity index (χ1v) is 8.45. The smallest absolute Gasteiger partial charge is 0.223 e. The van der Waals surface area contributed by atoms with Crippen molar-refractivity contribution in [2.24, 2.45) is 5.92 Å². The van der Waals surface area contributed by atoms with Crippen molar-refractivity contribution < 1.29 is 5.11 Å². The molecule has 0 fully saturated rings. The molecule has 1 heterocycles. The van der Waals surface area contributed by atoms with Gasteiger partial charge in [0, 0.05) is 17.4 Å². The molecule has 0 aliphatic heterocycles. The monoisotopic (exact) mass is 321 g/mol. The van der Waals surface area contributed by atoms with Gasteiger partial charge in [0.1, 0.15) is 0 Å². The number of benzene rings is 1. The molecule has 0 bridgehead atoms. The second-order valence-corrected chi connectivity index (χ2v) is 6.69. The molecule has 0 saturated carbocycles. The number of allylic oxidation sites excluding steroid dienone is 4. The molecule has 3 rings (SSSR count). The summed E-state index contributed by atoms with van der Waals surface area (Å²) in [7, 11) is 0. The van der Waals surface area contributed by atoms with Crippen LogP contribution < -0.4 is 5.43 Å². The Labute approximate surface area is 142 Å². The van der Waals surface area contributed by atoms with Gasteiger partial charge in [0.25, 0.3) is 0 Å². The maximum absolute atomic E-state index is 11.8. The van der Waals surface area contributed by atoms with E-state index in [9.17, 15) is 9.90 Å². The molecule has 0 unspecified atom stereocenters. The van der Waals surface area contributed by atoms with Gasteiger partial charge in [0.2, 0.25) is 5.43 Å². The van der Waals surface area contributed by atoms with Crippen LogP contribution >= 0.6 is 0 Å². The van der Waals surface area contributed by atoms with E-state index in [2.05, 4.69) is 44.2 Å². The first-order chi connectivity index (χ1) is 11.5. The van der Waals surface area contributed by atoms with E-state index in [0.29, 0.717) is 5.92 Å². The lowest BCUT2D eigenvalue weighted by atomic mass is 9.97. The zero-order chi connectivity index (χ0) is 17.1. The van der Waals surface area contributed by atoms with Crippen molar-refractivity contribution in [2.75, 3.05) is 0 Å². The molecule has 0 saturated heterocycles. The molecule has 3 nitrogen and oxygen atoms in total. The molecular formula is C21H23NO2. The van der Waals surface area contributed by atoms with Crippen LogP contribution in [0.1, 0.15) is 37.9 Å². The van der Waals surface area contributed by atoms with Gasteiger partial charge in [-0.1, -0.05) is 44.2 Å². The number of hydrogen-bond donors (Lipinski definition) is 1. The Bertz CT molecular complexity index is 856. The van der Waals surface area contributed by atoms with E-state index in [4.69, 9.17) is 0 Å². The molecule has 0 amide bonds. The molecule has 1 aliphatic carbocycles. The largest absolute Gasteiger partial charge is 0.503 e. The van der Waals surface area contributed by atoms with Crippen LogP contribution in [0, 0.1) is 5.92 Å². The highest BCUT2D eigenvalue weighted by Gasteiger charge is 2.11. The SMILES string of the molecule is CC(C)Cc1cc(=O)c(O)cn1-c1cccc(C2=CC=CCC2)c1. The van der Waals surface area contributed by atoms with Gasteiger partial charge in [-0.05, 0) is 48.4 Å². The number of aromatic nitrogens is 1. The maximum atomic E-state index is 11.8. The van der Waals surface area contributed by atoms with Crippen LogP contribution in [0.2, 0.25) is 0 Å². The van der Waals surface area contributed by atoms with Gasteiger partial charge < -0.3 is 9.67 Å². The van der Waals surface area contributed by atoms with Crippen molar-refractivity contribution in [3.8, 4) is 11.4 Å². The summed E-state index contributed by atoms with van der Waals surface area (Å²) in [5, 5.41) is 9.88. The van der Waals surface area contributed by atoms with Crippen molar-refractivity contribution in [3.63, 3.8) is 0 Å². The van der Waals surface area contributed by atoms with E-state index in [1.54, 1.807) is 6.07 Å². The predicted molar refractivity (Wildman–Crippen MR) is 98.6 cm³/mol. The van der Waals surface area contributed by atoms with E-state index in [1.807, 2.05) is 16.7 Å². The van der Waals surface area contributed by atoms with Gasteiger partial charge in [-0.15, -0.1) is 0 Å². The predicted octanol–water partition coefficient (Wildman–Crippen LogP) is 4.48. The first kappa shape index (κ1) is 16.3. The third-order valence-electron chi connectivity index (χ3n) is 4.24. The van der Waals surface area contributed by atoms with Crippen molar-refractivity contribution in [1.29, 1.82) is 0 Å². The average molecular weight is 321 g/mol. The number of rotatable bonds is 4. The Morgan fingerprint density at radius 3 is 2.79 bits per heavy atom. The number of hydrogen-bond acceptors (Lipinski definition) is 2. The molecule has 3 heteroatoms. The molecule has 2 aromatic rings. The van der Waals surface area contributed by atoms with Crippen LogP contribution in [-0.2, 0) is 6.42 Å². The molecule has 0 radical (unpaired) electrons. The first-order valence-electron chi connectivity index (χ1n) is 8.45. The van der Waals surface area contributed by atoms with Crippen LogP contribution in [0.25, 0.3) is 11.3 Å². The van der Waals surface area contributed by atoms with Gasteiger partial charge >= 0.3 is 0 Å². The summed E-state index contributed by atoms with van der Waals surface area (Å²) in [6.07, 6.45) is 10.8. The van der Waals surface area contributed by atoms with E-state index < -0.39 is 0 Å². The molecule has 1 aromatic heterocycles. The highest BCUT2D eigenvalue weighted by Crippen LogP contribution is 2.26. The Balaban J connectivity index is 2.08. The Morgan fingerprint density at radius 2 is 2.08 bits per heavy atom. The molecule has 1 aliphatic rings. The number of pyridine rings is 1. The number of nitrogens with zero attached hydrogens (tertiary/aromatic N) is 1. The molecule has 124 valence electrons. The van der Waals surface area contributed by atoms with Crippen LogP contribution in [-0.4, -0.2) is 9.67 Å². The Kier molecular flexibility index (Phi) is 4.70. The highest BCUT2D eigenvalue weighted by molar-refractivity contribution is 5.69. The number of aromatic hydroxyl groups is 1. The van der Waals surface area contributed by atoms with Crippen molar-refractivity contribution >= 4 is 5.57 Å². The summed E-state index contributed by atoms with van der Waals surface area (Å²) in [6.45, 7) is 4.24. The minimum atomic E-state index is -0.321. The molecular weight excluding hydrogens is 298 g/mol. The zero-order valence-electron chi connectivity index (χ0n) is 14.2. The normalized spacial score (nSPS) is 14.0. The quantitative estimate of drug-likeness (QED) is 0.902. The lowest BCUT2D eigenvalue weighted by molar-refractivity contribution is 0.463. The van der Waals surface area contributed by atoms with E-state index >= 15 is 0 Å². The Hall–Kier alpha value is -2.55. The van der Waals surface area contributed by atoms with Gasteiger partial charge in [-0.3, -0.25) is 4.79 Å². The third-order valence-corrected chi connectivity index (χ3v) is 4.24. The second kappa shape index (κ2) is 6.91. The van der Waals surface area contributed by atoms with Gasteiger partial charge in [0.05, 0.1) is 6.20 Å². The van der Waals surface area contributed by atoms with Crippen LogP contribution in [0.5, 0.6) is 5.75 Å². The van der Waals surface area contributed by atoms with Crippen molar-refractivity contribution in [1.82, 2.24) is 4.57 Å². The third kappa shape index (κ3) is 3.51. The topological polar surface area (TPSA) is 42.2 Å². The fourth-order valence-electron chi connectivity index (χ4n) is 3.08. The lowest BCUT2D eigenvalue weighted by Gasteiger charge is -2.17. The molecule has 0 spiro atoms. The summed E-state index contributed by atoms with van der Waals surface area (Å²) in [5.74, 6) is 0.210. The van der Waals surface area contributed by atoms with E-state index in [0.717, 1.165) is 30.6 Å². The minimum absolute atomic E-state index is 0.215. The molecule has 24 heavy (non-hydrogen) atoms. The Morgan fingerprint density at radius 1 is 1.25 bits per heavy atom.